The SMILES string of the molecule is COc1ccc(-c2nc3sc4ccccc4c3c(C)c2C)cc1. The molecule has 0 N–H and O–H groups in total. The Hall–Kier alpha value is -2.39. The second-order valence-electron chi connectivity index (χ2n) is 5.72. The predicted octanol–water partition coefficient (Wildman–Crippen LogP) is 5.74. The van der Waals surface area contributed by atoms with Crippen LogP contribution in [0, 0.1) is 13.8 Å². The molecule has 23 heavy (non-hydrogen) atoms. The third kappa shape index (κ3) is 2.20. The van der Waals surface area contributed by atoms with Gasteiger partial charge in [0, 0.05) is 21.0 Å². The molecule has 0 spiro atoms. The zero-order valence-corrected chi connectivity index (χ0v) is 14.2. The Balaban J connectivity index is 2.00. The molecule has 2 heterocycles. The minimum atomic E-state index is 0.867. The lowest BCUT2D eigenvalue weighted by molar-refractivity contribution is 0.415. The Bertz CT molecular complexity index is 1020. The largest absolute Gasteiger partial charge is 0.497 e. The van der Waals surface area contributed by atoms with Crippen LogP contribution in [-0.4, -0.2) is 12.1 Å². The molecule has 3 heteroatoms. The van der Waals surface area contributed by atoms with E-state index in [1.807, 2.05) is 12.1 Å². The summed E-state index contributed by atoms with van der Waals surface area (Å²) in [5.41, 5.74) is 4.75. The summed E-state index contributed by atoms with van der Waals surface area (Å²) >= 11 is 1.77. The molecule has 4 aromatic rings. The Morgan fingerprint density at radius 1 is 0.913 bits per heavy atom. The first-order chi connectivity index (χ1) is 11.2. The van der Waals surface area contributed by atoms with E-state index in [4.69, 9.17) is 9.72 Å². The summed E-state index contributed by atoms with van der Waals surface area (Å²) in [5.74, 6) is 0.867. The molecule has 0 fully saturated rings. The highest BCUT2D eigenvalue weighted by Crippen LogP contribution is 2.38. The minimum absolute atomic E-state index is 0.867. The van der Waals surface area contributed by atoms with Gasteiger partial charge in [-0.15, -0.1) is 11.3 Å². The second-order valence-corrected chi connectivity index (χ2v) is 6.75. The van der Waals surface area contributed by atoms with Crippen molar-refractivity contribution in [3.05, 3.63) is 59.7 Å². The third-order valence-electron chi connectivity index (χ3n) is 4.45. The van der Waals surface area contributed by atoms with Gasteiger partial charge < -0.3 is 4.74 Å². The van der Waals surface area contributed by atoms with Gasteiger partial charge in [0.15, 0.2) is 0 Å². The summed E-state index contributed by atoms with van der Waals surface area (Å²) < 4.78 is 6.55. The molecule has 4 rings (SSSR count). The molecule has 114 valence electrons. The molecule has 0 amide bonds. The van der Waals surface area contributed by atoms with E-state index in [2.05, 4.69) is 50.2 Å². The quantitative estimate of drug-likeness (QED) is 0.470. The fourth-order valence-electron chi connectivity index (χ4n) is 3.05. The fraction of sp³-hybridized carbons (Fsp3) is 0.150. The lowest BCUT2D eigenvalue weighted by Gasteiger charge is -2.10. The average Bonchev–Trinajstić information content (AvgIpc) is 2.96. The average molecular weight is 319 g/mol. The van der Waals surface area contributed by atoms with E-state index in [1.165, 1.54) is 26.6 Å². The van der Waals surface area contributed by atoms with Gasteiger partial charge in [0.25, 0.3) is 0 Å². The highest BCUT2D eigenvalue weighted by atomic mass is 32.1. The first-order valence-corrected chi connectivity index (χ1v) is 8.43. The molecular formula is C20H17NOS. The maximum atomic E-state index is 5.25. The highest BCUT2D eigenvalue weighted by molar-refractivity contribution is 7.25. The summed E-state index contributed by atoms with van der Waals surface area (Å²) in [6.45, 7) is 4.36. The number of thiophene rings is 1. The van der Waals surface area contributed by atoms with E-state index in [1.54, 1.807) is 18.4 Å². The first kappa shape index (κ1) is 14.2. The molecular weight excluding hydrogens is 302 g/mol. The second kappa shape index (κ2) is 5.36. The van der Waals surface area contributed by atoms with Gasteiger partial charge in [-0.2, -0.15) is 0 Å². The van der Waals surface area contributed by atoms with Crippen molar-refractivity contribution in [2.45, 2.75) is 13.8 Å². The molecule has 0 radical (unpaired) electrons. The number of aryl methyl sites for hydroxylation is 1. The van der Waals surface area contributed by atoms with Crippen molar-refractivity contribution in [3.8, 4) is 17.0 Å². The number of hydrogen-bond donors (Lipinski definition) is 0. The number of aromatic nitrogens is 1. The topological polar surface area (TPSA) is 22.1 Å². The fourth-order valence-corrected chi connectivity index (χ4v) is 4.19. The van der Waals surface area contributed by atoms with Crippen LogP contribution in [0.5, 0.6) is 5.75 Å². The Morgan fingerprint density at radius 2 is 1.65 bits per heavy atom. The number of methoxy groups -OCH3 is 1. The van der Waals surface area contributed by atoms with E-state index in [9.17, 15) is 0 Å². The van der Waals surface area contributed by atoms with Crippen LogP contribution < -0.4 is 4.74 Å². The Kier molecular flexibility index (Phi) is 3.31. The van der Waals surface area contributed by atoms with Crippen molar-refractivity contribution in [1.29, 1.82) is 0 Å². The van der Waals surface area contributed by atoms with E-state index in [-0.39, 0.29) is 0 Å². The van der Waals surface area contributed by atoms with Gasteiger partial charge in [0.2, 0.25) is 0 Å². The molecule has 0 atom stereocenters. The molecule has 2 aromatic carbocycles. The van der Waals surface area contributed by atoms with Crippen LogP contribution in [0.2, 0.25) is 0 Å². The van der Waals surface area contributed by atoms with Gasteiger partial charge in [-0.3, -0.25) is 0 Å². The van der Waals surface area contributed by atoms with Crippen LogP contribution in [0.4, 0.5) is 0 Å². The molecule has 0 aliphatic rings. The Labute approximate surface area is 139 Å². The van der Waals surface area contributed by atoms with Crippen molar-refractivity contribution in [1.82, 2.24) is 4.98 Å². The van der Waals surface area contributed by atoms with Crippen LogP contribution in [0.1, 0.15) is 11.1 Å². The first-order valence-electron chi connectivity index (χ1n) is 7.62. The smallest absolute Gasteiger partial charge is 0.125 e. The zero-order chi connectivity index (χ0) is 16.0. The number of ether oxygens (including phenoxy) is 1. The molecule has 0 bridgehead atoms. The molecule has 2 nitrogen and oxygen atoms in total. The third-order valence-corrected chi connectivity index (χ3v) is 5.51. The van der Waals surface area contributed by atoms with Gasteiger partial charge in [-0.1, -0.05) is 18.2 Å². The van der Waals surface area contributed by atoms with Crippen LogP contribution in [-0.2, 0) is 0 Å². The molecule has 2 aromatic heterocycles. The normalized spacial score (nSPS) is 11.3. The van der Waals surface area contributed by atoms with E-state index >= 15 is 0 Å². The van der Waals surface area contributed by atoms with E-state index < -0.39 is 0 Å². The van der Waals surface area contributed by atoms with Crippen LogP contribution in [0.3, 0.4) is 0 Å². The van der Waals surface area contributed by atoms with Crippen LogP contribution in [0.15, 0.2) is 48.5 Å². The van der Waals surface area contributed by atoms with Crippen molar-refractivity contribution in [2.24, 2.45) is 0 Å². The zero-order valence-electron chi connectivity index (χ0n) is 13.4. The van der Waals surface area contributed by atoms with Gasteiger partial charge in [0.1, 0.15) is 10.6 Å². The monoisotopic (exact) mass is 319 g/mol. The summed E-state index contributed by atoms with van der Waals surface area (Å²) in [6.07, 6.45) is 0. The lowest BCUT2D eigenvalue weighted by Crippen LogP contribution is -1.93. The summed E-state index contributed by atoms with van der Waals surface area (Å²) in [4.78, 5) is 6.09. The lowest BCUT2D eigenvalue weighted by atomic mass is 9.99. The maximum absolute atomic E-state index is 5.25. The van der Waals surface area contributed by atoms with Crippen LogP contribution in [0.25, 0.3) is 31.6 Å². The van der Waals surface area contributed by atoms with Crippen molar-refractivity contribution in [3.63, 3.8) is 0 Å². The van der Waals surface area contributed by atoms with Crippen molar-refractivity contribution in [2.75, 3.05) is 7.11 Å². The molecule has 0 saturated carbocycles. The number of benzene rings is 2. The van der Waals surface area contributed by atoms with E-state index in [0.29, 0.717) is 0 Å². The van der Waals surface area contributed by atoms with Crippen LogP contribution >= 0.6 is 11.3 Å². The number of hydrogen-bond acceptors (Lipinski definition) is 3. The minimum Gasteiger partial charge on any atom is -0.497 e. The molecule has 0 aliphatic heterocycles. The summed E-state index contributed by atoms with van der Waals surface area (Å²) in [6, 6.07) is 16.7. The summed E-state index contributed by atoms with van der Waals surface area (Å²) in [7, 11) is 1.69. The van der Waals surface area contributed by atoms with Gasteiger partial charge in [-0.25, -0.2) is 4.98 Å². The van der Waals surface area contributed by atoms with Crippen molar-refractivity contribution < 1.29 is 4.74 Å². The molecule has 0 aliphatic carbocycles. The number of nitrogens with zero attached hydrogens (tertiary/aromatic N) is 1. The van der Waals surface area contributed by atoms with Crippen molar-refractivity contribution >= 4 is 31.6 Å². The Morgan fingerprint density at radius 3 is 2.39 bits per heavy atom. The number of fused-ring (bicyclic) bond motifs is 3. The predicted molar refractivity (Wildman–Crippen MR) is 98.6 cm³/mol. The van der Waals surface area contributed by atoms with Gasteiger partial charge >= 0.3 is 0 Å². The summed E-state index contributed by atoms with van der Waals surface area (Å²) in [5, 5.41) is 2.60. The number of rotatable bonds is 2. The van der Waals surface area contributed by atoms with Gasteiger partial charge in [-0.05, 0) is 55.3 Å². The number of pyridine rings is 1. The highest BCUT2D eigenvalue weighted by Gasteiger charge is 2.15. The molecule has 0 unspecified atom stereocenters. The maximum Gasteiger partial charge on any atom is 0.125 e. The van der Waals surface area contributed by atoms with Gasteiger partial charge in [0.05, 0.1) is 12.8 Å². The standard InChI is InChI=1S/C20H17NOS/c1-12-13(2)19(14-8-10-15(22-3)11-9-14)21-20-18(12)16-6-4-5-7-17(16)23-20/h4-11H,1-3H3. The molecule has 0 saturated heterocycles. The van der Waals surface area contributed by atoms with E-state index in [0.717, 1.165) is 21.8 Å².